The zero-order valence-corrected chi connectivity index (χ0v) is 17.1. The Kier molecular flexibility index (Phi) is 3.91. The molecule has 1 aromatic carbocycles. The molecule has 2 aromatic heterocycles. The second-order valence-corrected chi connectivity index (χ2v) is 9.88. The van der Waals surface area contributed by atoms with Crippen LogP contribution in [0.3, 0.4) is 0 Å². The third-order valence-electron chi connectivity index (χ3n) is 6.06. The lowest BCUT2D eigenvalue weighted by Crippen LogP contribution is -2.37. The molecule has 1 saturated carbocycles. The molecule has 5 rings (SSSR count). The van der Waals surface area contributed by atoms with Crippen LogP contribution in [0.4, 0.5) is 0 Å². The van der Waals surface area contributed by atoms with E-state index in [9.17, 15) is 18.0 Å². The fourth-order valence-electron chi connectivity index (χ4n) is 4.16. The molecular weight excluding hydrogens is 392 g/mol. The zero-order valence-electron chi connectivity index (χ0n) is 16.3. The van der Waals surface area contributed by atoms with Gasteiger partial charge in [-0.1, -0.05) is 0 Å². The molecule has 152 valence electrons. The summed E-state index contributed by atoms with van der Waals surface area (Å²) in [5, 5.41) is 0. The van der Waals surface area contributed by atoms with Crippen molar-refractivity contribution < 1.29 is 8.42 Å². The summed E-state index contributed by atoms with van der Waals surface area (Å²) in [6.45, 7) is 0.574. The Morgan fingerprint density at radius 1 is 0.966 bits per heavy atom. The molecule has 0 radical (unpaired) electrons. The number of benzene rings is 1. The molecule has 0 saturated heterocycles. The van der Waals surface area contributed by atoms with Gasteiger partial charge in [-0.3, -0.25) is 13.9 Å². The number of pyridine rings is 1. The van der Waals surface area contributed by atoms with E-state index >= 15 is 0 Å². The summed E-state index contributed by atoms with van der Waals surface area (Å²) in [5.41, 5.74) is 2.89. The predicted octanol–water partition coefficient (Wildman–Crippen LogP) is 1.12. The minimum Gasteiger partial charge on any atom is -0.312 e. The highest BCUT2D eigenvalue weighted by Crippen LogP contribution is 2.34. The third kappa shape index (κ3) is 2.79. The van der Waals surface area contributed by atoms with Crippen LogP contribution in [0.1, 0.15) is 30.0 Å². The molecule has 9 heteroatoms. The van der Waals surface area contributed by atoms with Gasteiger partial charge >= 0.3 is 5.69 Å². The number of fused-ring (bicyclic) bond motifs is 2. The lowest BCUT2D eigenvalue weighted by atomic mass is 10.0. The molecule has 0 unspecified atom stereocenters. The molecule has 2 aliphatic rings. The average molecular weight is 414 g/mol. The lowest BCUT2D eigenvalue weighted by molar-refractivity contribution is 0.388. The fourth-order valence-corrected chi connectivity index (χ4v) is 5.60. The quantitative estimate of drug-likeness (QED) is 0.643. The van der Waals surface area contributed by atoms with Gasteiger partial charge in [-0.2, -0.15) is 4.31 Å². The Labute approximate surface area is 167 Å². The van der Waals surface area contributed by atoms with E-state index in [0.717, 1.165) is 24.0 Å². The van der Waals surface area contributed by atoms with Crippen molar-refractivity contribution in [1.82, 2.24) is 18.0 Å². The van der Waals surface area contributed by atoms with Gasteiger partial charge in [0.05, 0.1) is 15.9 Å². The Morgan fingerprint density at radius 3 is 2.41 bits per heavy atom. The summed E-state index contributed by atoms with van der Waals surface area (Å²) < 4.78 is 32.8. The van der Waals surface area contributed by atoms with Gasteiger partial charge in [0.25, 0.3) is 5.56 Å². The number of aromatic nitrogens is 3. The lowest BCUT2D eigenvalue weighted by Gasteiger charge is -2.28. The molecule has 0 N–H and O–H groups in total. The summed E-state index contributed by atoms with van der Waals surface area (Å²) in [5.74, 6) is 0. The van der Waals surface area contributed by atoms with Gasteiger partial charge < -0.3 is 4.57 Å². The first-order valence-electron chi connectivity index (χ1n) is 9.67. The molecule has 1 aliphatic heterocycles. The van der Waals surface area contributed by atoms with E-state index in [4.69, 9.17) is 0 Å². The van der Waals surface area contributed by atoms with E-state index in [0.29, 0.717) is 24.0 Å². The monoisotopic (exact) mass is 414 g/mol. The van der Waals surface area contributed by atoms with E-state index in [-0.39, 0.29) is 28.7 Å². The molecule has 1 fully saturated rings. The van der Waals surface area contributed by atoms with Crippen molar-refractivity contribution in [2.75, 3.05) is 6.54 Å². The summed E-state index contributed by atoms with van der Waals surface area (Å²) in [4.78, 5) is 24.6. The SMILES string of the molecule is Cn1c(=O)n(C)c2cc(S(=O)(=O)N3CCc4cc(=O)n(C5CC5)cc4C3)ccc21. The molecule has 0 spiro atoms. The maximum absolute atomic E-state index is 13.3. The van der Waals surface area contributed by atoms with Crippen molar-refractivity contribution in [3.05, 3.63) is 62.4 Å². The number of hydrogen-bond donors (Lipinski definition) is 0. The molecule has 8 nitrogen and oxygen atoms in total. The van der Waals surface area contributed by atoms with Gasteiger partial charge in [-0.15, -0.1) is 0 Å². The molecule has 0 bridgehead atoms. The van der Waals surface area contributed by atoms with Crippen LogP contribution >= 0.6 is 0 Å². The highest BCUT2D eigenvalue weighted by molar-refractivity contribution is 7.89. The Balaban J connectivity index is 1.53. The van der Waals surface area contributed by atoms with Crippen LogP contribution in [0.2, 0.25) is 0 Å². The first-order valence-corrected chi connectivity index (χ1v) is 11.1. The largest absolute Gasteiger partial charge is 0.328 e. The zero-order chi connectivity index (χ0) is 20.5. The predicted molar refractivity (Wildman–Crippen MR) is 108 cm³/mol. The molecule has 1 aliphatic carbocycles. The summed E-state index contributed by atoms with van der Waals surface area (Å²) in [6.07, 6.45) is 4.34. The van der Waals surface area contributed by atoms with Crippen molar-refractivity contribution in [2.24, 2.45) is 14.1 Å². The molecular formula is C20H22N4O4S. The fraction of sp³-hybridized carbons (Fsp3) is 0.400. The number of hydrogen-bond acceptors (Lipinski definition) is 4. The van der Waals surface area contributed by atoms with Gasteiger partial charge in [-0.05, 0) is 48.6 Å². The molecule has 0 amide bonds. The van der Waals surface area contributed by atoms with Crippen molar-refractivity contribution in [3.8, 4) is 0 Å². The average Bonchev–Trinajstić information content (AvgIpc) is 3.53. The second-order valence-electron chi connectivity index (χ2n) is 7.94. The Morgan fingerprint density at radius 2 is 1.69 bits per heavy atom. The highest BCUT2D eigenvalue weighted by atomic mass is 32.2. The van der Waals surface area contributed by atoms with Crippen LogP contribution in [0, 0.1) is 0 Å². The summed E-state index contributed by atoms with van der Waals surface area (Å²) in [7, 11) is -0.422. The number of aryl methyl sites for hydroxylation is 2. The Bertz CT molecular complexity index is 1380. The van der Waals surface area contributed by atoms with Crippen molar-refractivity contribution in [2.45, 2.75) is 36.7 Å². The van der Waals surface area contributed by atoms with Gasteiger partial charge in [0.15, 0.2) is 0 Å². The standard InChI is InChI=1S/C20H22N4O4S/c1-21-17-6-5-16(10-18(17)22(2)20(21)26)29(27,28)23-8-7-13-9-19(25)24(15-3-4-15)12-14(13)11-23/h5-6,9-10,12,15H,3-4,7-8,11H2,1-2H3. The maximum atomic E-state index is 13.3. The Hall–Kier alpha value is -2.65. The normalized spacial score (nSPS) is 17.6. The molecule has 0 atom stereocenters. The van der Waals surface area contributed by atoms with Crippen LogP contribution in [0.25, 0.3) is 11.0 Å². The number of nitrogens with zero attached hydrogens (tertiary/aromatic N) is 4. The van der Waals surface area contributed by atoms with E-state index in [2.05, 4.69) is 0 Å². The highest BCUT2D eigenvalue weighted by Gasteiger charge is 2.31. The first-order chi connectivity index (χ1) is 13.8. The molecule has 3 heterocycles. The minimum absolute atomic E-state index is 0.00185. The number of rotatable bonds is 3. The second kappa shape index (κ2) is 6.17. The van der Waals surface area contributed by atoms with Gasteiger partial charge in [0.2, 0.25) is 10.0 Å². The van der Waals surface area contributed by atoms with Crippen LogP contribution in [-0.4, -0.2) is 33.0 Å². The van der Waals surface area contributed by atoms with Crippen LogP contribution in [0.5, 0.6) is 0 Å². The van der Waals surface area contributed by atoms with Gasteiger partial charge in [0, 0.05) is 45.5 Å². The number of imidazole rings is 1. The summed E-state index contributed by atoms with van der Waals surface area (Å²) >= 11 is 0. The molecule has 29 heavy (non-hydrogen) atoms. The van der Waals surface area contributed by atoms with E-state index in [1.807, 2.05) is 6.20 Å². The molecule has 3 aromatic rings. The van der Waals surface area contributed by atoms with Crippen LogP contribution < -0.4 is 11.2 Å². The van der Waals surface area contributed by atoms with Crippen molar-refractivity contribution in [1.29, 1.82) is 0 Å². The van der Waals surface area contributed by atoms with Crippen molar-refractivity contribution in [3.63, 3.8) is 0 Å². The smallest absolute Gasteiger partial charge is 0.312 e. The number of sulfonamides is 1. The van der Waals surface area contributed by atoms with Gasteiger partial charge in [-0.25, -0.2) is 13.2 Å². The first kappa shape index (κ1) is 18.4. The van der Waals surface area contributed by atoms with Crippen LogP contribution in [0.15, 0.2) is 44.9 Å². The van der Waals surface area contributed by atoms with Crippen LogP contribution in [-0.2, 0) is 37.1 Å². The third-order valence-corrected chi connectivity index (χ3v) is 7.90. The van der Waals surface area contributed by atoms with E-state index < -0.39 is 10.0 Å². The maximum Gasteiger partial charge on any atom is 0.328 e. The minimum atomic E-state index is -3.72. The van der Waals surface area contributed by atoms with Crippen molar-refractivity contribution >= 4 is 21.1 Å². The topological polar surface area (TPSA) is 86.3 Å². The van der Waals surface area contributed by atoms with Gasteiger partial charge in [0.1, 0.15) is 0 Å². The summed E-state index contributed by atoms with van der Waals surface area (Å²) in [6, 6.07) is 6.70. The van der Waals surface area contributed by atoms with E-state index in [1.165, 1.54) is 13.4 Å². The van der Waals surface area contributed by atoms with E-state index in [1.54, 1.807) is 42.9 Å².